The van der Waals surface area contributed by atoms with Crippen LogP contribution in [0.15, 0.2) is 18.2 Å². The average Bonchev–Trinajstić information content (AvgIpc) is 2.75. The Hall–Kier alpha value is -1.77. The number of carbonyl (C=O) groups excluding carboxylic acids is 1. The van der Waals surface area contributed by atoms with Gasteiger partial charge < -0.3 is 29.8 Å². The number of nitrogens with two attached hydrogens (primary N) is 1. The fourth-order valence-corrected chi connectivity index (χ4v) is 2.78. The summed E-state index contributed by atoms with van der Waals surface area (Å²) in [7, 11) is -0.530. The summed E-state index contributed by atoms with van der Waals surface area (Å²) in [6.07, 6.45) is -1.03. The summed E-state index contributed by atoms with van der Waals surface area (Å²) < 4.78 is 22.9. The second kappa shape index (κ2) is 6.62. The molecule has 3 N–H and O–H groups in total. The summed E-state index contributed by atoms with van der Waals surface area (Å²) in [4.78, 5) is 11.8. The molecule has 2 heterocycles. The molecule has 3 rings (SSSR count). The van der Waals surface area contributed by atoms with Crippen molar-refractivity contribution in [1.82, 2.24) is 5.32 Å². The predicted molar refractivity (Wildman–Crippen MR) is 89.3 cm³/mol. The largest absolute Gasteiger partial charge is 0.498 e. The molecule has 1 aromatic carbocycles. The fourth-order valence-electron chi connectivity index (χ4n) is 2.78. The van der Waals surface area contributed by atoms with Crippen LogP contribution in [0.1, 0.15) is 32.4 Å². The van der Waals surface area contributed by atoms with E-state index in [1.807, 2.05) is 39.0 Å². The number of rotatable bonds is 3. The highest BCUT2D eigenvalue weighted by atomic mass is 16.6. The zero-order valence-electron chi connectivity index (χ0n) is 14.2. The van der Waals surface area contributed by atoms with Gasteiger partial charge in [-0.25, -0.2) is 4.79 Å². The smallest absolute Gasteiger partial charge is 0.491 e. The van der Waals surface area contributed by atoms with Gasteiger partial charge in [-0.2, -0.15) is 0 Å². The number of hydrogen-bond acceptors (Lipinski definition) is 6. The van der Waals surface area contributed by atoms with E-state index in [0.29, 0.717) is 19.7 Å². The molecule has 1 aromatic rings. The zero-order valence-corrected chi connectivity index (χ0v) is 14.2. The van der Waals surface area contributed by atoms with Crippen LogP contribution < -0.4 is 21.3 Å². The van der Waals surface area contributed by atoms with Crippen LogP contribution >= 0.6 is 0 Å². The zero-order chi connectivity index (χ0) is 17.3. The van der Waals surface area contributed by atoms with Gasteiger partial charge in [0.2, 0.25) is 0 Å². The minimum absolute atomic E-state index is 0.229. The number of ether oxygens (including phenoxy) is 2. The molecule has 130 valence electrons. The number of carbonyl (C=O) groups is 1. The molecule has 0 aliphatic carbocycles. The summed E-state index contributed by atoms with van der Waals surface area (Å²) in [6, 6.07) is 5.75. The Morgan fingerprint density at radius 2 is 2.21 bits per heavy atom. The van der Waals surface area contributed by atoms with Crippen molar-refractivity contribution in [2.24, 2.45) is 5.73 Å². The Morgan fingerprint density at radius 1 is 1.42 bits per heavy atom. The van der Waals surface area contributed by atoms with Gasteiger partial charge in [0.15, 0.2) is 0 Å². The van der Waals surface area contributed by atoms with Gasteiger partial charge in [0.25, 0.3) is 0 Å². The molecule has 24 heavy (non-hydrogen) atoms. The third-order valence-corrected chi connectivity index (χ3v) is 3.80. The topological polar surface area (TPSA) is 92.0 Å². The quantitative estimate of drug-likeness (QED) is 0.791. The van der Waals surface area contributed by atoms with E-state index in [4.69, 9.17) is 24.5 Å². The van der Waals surface area contributed by atoms with Gasteiger partial charge in [0.1, 0.15) is 18.0 Å². The number of hydrogen-bond donors (Lipinski definition) is 2. The summed E-state index contributed by atoms with van der Waals surface area (Å²) in [5.74, 6) is 0.744. The molecular weight excluding hydrogens is 311 g/mol. The molecule has 0 fully saturated rings. The Kier molecular flexibility index (Phi) is 4.71. The maximum absolute atomic E-state index is 11.8. The van der Waals surface area contributed by atoms with Crippen molar-refractivity contribution in [3.05, 3.63) is 23.8 Å². The van der Waals surface area contributed by atoms with E-state index < -0.39 is 18.8 Å². The average molecular weight is 334 g/mol. The summed E-state index contributed by atoms with van der Waals surface area (Å²) in [6.45, 7) is 6.50. The number of alkyl carbamates (subject to hydrolysis) is 1. The summed E-state index contributed by atoms with van der Waals surface area (Å²) in [5, 5.41) is 2.74. The molecule has 2 aliphatic rings. The minimum atomic E-state index is -0.541. The SMILES string of the molecule is CC(C)(C)OC(=O)NCC1OB2O[C@H](CN)COc3cccc1c32. The van der Waals surface area contributed by atoms with Crippen LogP contribution in [0.5, 0.6) is 5.75 Å². The van der Waals surface area contributed by atoms with Gasteiger partial charge in [-0.15, -0.1) is 0 Å². The first-order chi connectivity index (χ1) is 11.4. The molecule has 2 atom stereocenters. The molecule has 2 aliphatic heterocycles. The number of benzene rings is 1. The maximum atomic E-state index is 11.8. The summed E-state index contributed by atoms with van der Waals surface area (Å²) in [5.41, 5.74) is 6.99. The van der Waals surface area contributed by atoms with E-state index in [9.17, 15) is 4.79 Å². The molecule has 0 saturated carbocycles. The van der Waals surface area contributed by atoms with E-state index in [1.54, 1.807) is 0 Å². The normalized spacial score (nSPS) is 22.4. The Labute approximate surface area is 141 Å². The Bertz CT molecular complexity index is 619. The molecule has 0 saturated heterocycles. The molecule has 0 aromatic heterocycles. The van der Waals surface area contributed by atoms with Crippen molar-refractivity contribution in [3.63, 3.8) is 0 Å². The van der Waals surface area contributed by atoms with Crippen molar-refractivity contribution in [1.29, 1.82) is 0 Å². The van der Waals surface area contributed by atoms with Crippen LogP contribution in [0.2, 0.25) is 0 Å². The van der Waals surface area contributed by atoms with Crippen LogP contribution in [0.3, 0.4) is 0 Å². The van der Waals surface area contributed by atoms with Crippen molar-refractivity contribution in [2.75, 3.05) is 19.7 Å². The van der Waals surface area contributed by atoms with E-state index in [0.717, 1.165) is 16.8 Å². The molecule has 8 heteroatoms. The molecule has 1 unspecified atom stereocenters. The van der Waals surface area contributed by atoms with Crippen molar-refractivity contribution in [2.45, 2.75) is 38.6 Å². The first-order valence-corrected chi connectivity index (χ1v) is 8.11. The highest BCUT2D eigenvalue weighted by Crippen LogP contribution is 2.30. The van der Waals surface area contributed by atoms with Crippen LogP contribution in [0.25, 0.3) is 0 Å². The lowest BCUT2D eigenvalue weighted by Crippen LogP contribution is -2.39. The van der Waals surface area contributed by atoms with Crippen LogP contribution in [0, 0.1) is 0 Å². The van der Waals surface area contributed by atoms with Crippen molar-refractivity contribution in [3.8, 4) is 5.75 Å². The van der Waals surface area contributed by atoms with Crippen LogP contribution in [-0.2, 0) is 14.0 Å². The lowest BCUT2D eigenvalue weighted by molar-refractivity contribution is 0.0484. The number of amides is 1. The van der Waals surface area contributed by atoms with Gasteiger partial charge in [0.05, 0.1) is 12.2 Å². The molecule has 7 nitrogen and oxygen atoms in total. The van der Waals surface area contributed by atoms with Gasteiger partial charge in [0, 0.05) is 18.6 Å². The second-order valence-electron chi connectivity index (χ2n) is 6.90. The Morgan fingerprint density at radius 3 is 2.92 bits per heavy atom. The van der Waals surface area contributed by atoms with E-state index in [-0.39, 0.29) is 12.2 Å². The van der Waals surface area contributed by atoms with Crippen molar-refractivity contribution >= 4 is 18.7 Å². The lowest BCUT2D eigenvalue weighted by Gasteiger charge is -2.21. The maximum Gasteiger partial charge on any atom is 0.498 e. The van der Waals surface area contributed by atoms with E-state index in [2.05, 4.69) is 5.32 Å². The van der Waals surface area contributed by atoms with Crippen LogP contribution in [-0.4, -0.2) is 44.6 Å². The standard InChI is InChI=1S/C16H23BN2O5/c1-16(2,3)22-15(20)19-8-13-11-5-4-6-12-14(11)17(24-13)23-10(7-18)9-21-12/h4-6,10,13H,7-9,18H2,1-3H3,(H,19,20)/t10-,13?/m1/s1. The fraction of sp³-hybridized carbons (Fsp3) is 0.562. The van der Waals surface area contributed by atoms with Gasteiger partial charge in [-0.3, -0.25) is 0 Å². The van der Waals surface area contributed by atoms with Gasteiger partial charge in [-0.05, 0) is 32.4 Å². The van der Waals surface area contributed by atoms with E-state index >= 15 is 0 Å². The number of nitrogens with one attached hydrogen (secondary N) is 1. The monoisotopic (exact) mass is 334 g/mol. The second-order valence-corrected chi connectivity index (χ2v) is 6.90. The summed E-state index contributed by atoms with van der Waals surface area (Å²) >= 11 is 0. The van der Waals surface area contributed by atoms with Gasteiger partial charge >= 0.3 is 13.2 Å². The first-order valence-electron chi connectivity index (χ1n) is 8.11. The molecule has 0 bridgehead atoms. The molecule has 1 amide bonds. The predicted octanol–water partition coefficient (Wildman–Crippen LogP) is 0.714. The molecular formula is C16H23BN2O5. The third kappa shape index (κ3) is 3.66. The highest BCUT2D eigenvalue weighted by molar-refractivity contribution is 6.64. The lowest BCUT2D eigenvalue weighted by atomic mass is 9.77. The Balaban J connectivity index is 1.72. The first kappa shape index (κ1) is 17.1. The minimum Gasteiger partial charge on any atom is -0.491 e. The molecule has 0 radical (unpaired) electrons. The third-order valence-electron chi connectivity index (χ3n) is 3.80. The van der Waals surface area contributed by atoms with Crippen LogP contribution in [0.4, 0.5) is 4.79 Å². The highest BCUT2D eigenvalue weighted by Gasteiger charge is 2.43. The molecule has 0 spiro atoms. The van der Waals surface area contributed by atoms with E-state index in [1.165, 1.54) is 0 Å². The van der Waals surface area contributed by atoms with Gasteiger partial charge in [-0.1, -0.05) is 12.1 Å². The van der Waals surface area contributed by atoms with Crippen molar-refractivity contribution < 1.29 is 23.6 Å².